The van der Waals surface area contributed by atoms with Gasteiger partial charge in [0, 0.05) is 16.7 Å². The molecule has 2 aromatic rings. The third-order valence-corrected chi connectivity index (χ3v) is 4.76. The Kier molecular flexibility index (Phi) is 7.02. The van der Waals surface area contributed by atoms with Crippen molar-refractivity contribution in [3.8, 4) is 0 Å². The lowest BCUT2D eigenvalue weighted by molar-refractivity contribution is -0.907. The van der Waals surface area contributed by atoms with Crippen LogP contribution in [-0.4, -0.2) is 67.8 Å². The maximum atomic E-state index is 13.0. The Bertz CT molecular complexity index is 820. The van der Waals surface area contributed by atoms with Crippen LogP contribution in [0.2, 0.25) is 5.02 Å². The molecule has 0 spiro atoms. The molecule has 2 heterocycles. The van der Waals surface area contributed by atoms with Gasteiger partial charge in [0.15, 0.2) is 5.82 Å². The molecule has 9 heteroatoms. The highest BCUT2D eigenvalue weighted by molar-refractivity contribution is 6.31. The monoisotopic (exact) mass is 407 g/mol. The van der Waals surface area contributed by atoms with E-state index in [2.05, 4.69) is 10.5 Å². The first-order valence-electron chi connectivity index (χ1n) is 9.20. The minimum Gasteiger partial charge on any atom is -0.370 e. The maximum absolute atomic E-state index is 13.0. The number of ether oxygens (including phenoxy) is 1. The molecule has 0 saturated carbocycles. The summed E-state index contributed by atoms with van der Waals surface area (Å²) < 4.78 is 10.3. The minimum atomic E-state index is -0.333. The van der Waals surface area contributed by atoms with E-state index in [1.165, 1.54) is 9.80 Å². The van der Waals surface area contributed by atoms with E-state index in [0.29, 0.717) is 41.9 Å². The van der Waals surface area contributed by atoms with Crippen LogP contribution in [0.5, 0.6) is 0 Å². The fourth-order valence-corrected chi connectivity index (χ4v) is 3.23. The Balaban J connectivity index is 1.67. The van der Waals surface area contributed by atoms with E-state index in [9.17, 15) is 9.59 Å². The van der Waals surface area contributed by atoms with Crippen LogP contribution in [0.1, 0.15) is 16.1 Å². The third-order valence-electron chi connectivity index (χ3n) is 4.52. The van der Waals surface area contributed by atoms with Crippen molar-refractivity contribution < 1.29 is 23.7 Å². The molecule has 1 aliphatic heterocycles. The van der Waals surface area contributed by atoms with Crippen LogP contribution < -0.4 is 10.2 Å². The Morgan fingerprint density at radius 1 is 1.29 bits per heavy atom. The van der Waals surface area contributed by atoms with Gasteiger partial charge < -0.3 is 24.4 Å². The number of hydrogen-bond acceptors (Lipinski definition) is 5. The summed E-state index contributed by atoms with van der Waals surface area (Å²) in [5.74, 6) is 0.358. The summed E-state index contributed by atoms with van der Waals surface area (Å²) in [5, 5.41) is 6.89. The number of anilines is 1. The molecule has 1 aliphatic rings. The quantitative estimate of drug-likeness (QED) is 0.702. The summed E-state index contributed by atoms with van der Waals surface area (Å²) in [4.78, 5) is 28.3. The first kappa shape index (κ1) is 20.3. The molecule has 8 nitrogen and oxygen atoms in total. The zero-order chi connectivity index (χ0) is 19.9. The van der Waals surface area contributed by atoms with Crippen LogP contribution in [0, 0.1) is 6.92 Å². The number of halogens is 1. The van der Waals surface area contributed by atoms with Gasteiger partial charge in [-0.25, -0.2) is 0 Å². The van der Waals surface area contributed by atoms with Crippen molar-refractivity contribution in [1.82, 2.24) is 10.1 Å². The van der Waals surface area contributed by atoms with Crippen molar-refractivity contribution >= 4 is 29.2 Å². The summed E-state index contributed by atoms with van der Waals surface area (Å²) >= 11 is 6.02. The number of nitrogens with one attached hydrogen (secondary N) is 2. The van der Waals surface area contributed by atoms with Gasteiger partial charge in [-0.15, -0.1) is 0 Å². The number of carbonyl (C=O) groups excluding carboxylic acids is 2. The second-order valence-electron chi connectivity index (χ2n) is 6.72. The van der Waals surface area contributed by atoms with Crippen molar-refractivity contribution in [2.75, 3.05) is 51.3 Å². The molecule has 2 N–H and O–H groups in total. The number of carbonyl (C=O) groups is 2. The highest BCUT2D eigenvalue weighted by atomic mass is 35.5. The van der Waals surface area contributed by atoms with Gasteiger partial charge in [-0.05, 0) is 25.1 Å². The van der Waals surface area contributed by atoms with Crippen LogP contribution >= 0.6 is 11.6 Å². The number of hydrogen-bond donors (Lipinski definition) is 2. The van der Waals surface area contributed by atoms with E-state index < -0.39 is 0 Å². The molecule has 0 radical (unpaired) electrons. The van der Waals surface area contributed by atoms with E-state index in [1.807, 2.05) is 0 Å². The van der Waals surface area contributed by atoms with Gasteiger partial charge in [0.1, 0.15) is 25.4 Å². The lowest BCUT2D eigenvalue weighted by atomic mass is 10.2. The highest BCUT2D eigenvalue weighted by Gasteiger charge is 2.22. The fraction of sp³-hybridized carbons (Fsp3) is 0.421. The Morgan fingerprint density at radius 2 is 2.07 bits per heavy atom. The predicted molar refractivity (Wildman–Crippen MR) is 104 cm³/mol. The molecule has 0 atom stereocenters. The van der Waals surface area contributed by atoms with Crippen molar-refractivity contribution in [2.45, 2.75) is 6.92 Å². The SMILES string of the molecule is Cc1cc(NC(=O)CN(CC[NH+]2CCOCC2)C(=O)c2cccc(Cl)c2)no1. The minimum absolute atomic E-state index is 0.0823. The van der Waals surface area contributed by atoms with Crippen molar-refractivity contribution in [2.24, 2.45) is 0 Å². The number of aryl methyl sites for hydroxylation is 1. The number of rotatable bonds is 7. The van der Waals surface area contributed by atoms with E-state index in [0.717, 1.165) is 19.6 Å². The van der Waals surface area contributed by atoms with Crippen LogP contribution in [-0.2, 0) is 9.53 Å². The summed E-state index contributed by atoms with van der Waals surface area (Å²) in [5.41, 5.74) is 0.453. The second kappa shape index (κ2) is 9.68. The average molecular weight is 408 g/mol. The lowest BCUT2D eigenvalue weighted by Gasteiger charge is -2.27. The van der Waals surface area contributed by atoms with Gasteiger partial charge in [0.05, 0.1) is 26.3 Å². The molecule has 28 heavy (non-hydrogen) atoms. The molecule has 1 aromatic carbocycles. The van der Waals surface area contributed by atoms with Crippen molar-refractivity contribution in [3.05, 3.63) is 46.7 Å². The molecule has 1 fully saturated rings. The average Bonchev–Trinajstić information content (AvgIpc) is 3.10. The topological polar surface area (TPSA) is 89.1 Å². The fourth-order valence-electron chi connectivity index (χ4n) is 3.04. The standard InChI is InChI=1S/C19H23ClN4O4/c1-14-11-17(22-28-14)21-18(25)13-24(6-5-23-7-9-27-10-8-23)19(26)15-3-2-4-16(20)12-15/h2-4,11-12H,5-10,13H2,1H3,(H,21,22,25)/p+1. The van der Waals surface area contributed by atoms with Gasteiger partial charge in [0.25, 0.3) is 5.91 Å². The molecular weight excluding hydrogens is 384 g/mol. The Labute approximate surface area is 168 Å². The first-order valence-corrected chi connectivity index (χ1v) is 9.58. The molecule has 1 saturated heterocycles. The molecule has 0 unspecified atom stereocenters. The number of nitrogens with zero attached hydrogens (tertiary/aromatic N) is 2. The lowest BCUT2D eigenvalue weighted by Crippen LogP contribution is -3.14. The number of aromatic nitrogens is 1. The number of morpholine rings is 1. The molecule has 0 aliphatic carbocycles. The Hall–Kier alpha value is -2.42. The zero-order valence-electron chi connectivity index (χ0n) is 15.7. The summed E-state index contributed by atoms with van der Waals surface area (Å²) in [6.45, 7) is 6.06. The molecular formula is C19H24ClN4O4+. The number of amides is 2. The molecule has 150 valence electrons. The largest absolute Gasteiger partial charge is 0.370 e. The van der Waals surface area contributed by atoms with E-state index in [1.54, 1.807) is 37.3 Å². The van der Waals surface area contributed by atoms with Gasteiger partial charge in [-0.3, -0.25) is 9.59 Å². The number of quaternary nitrogens is 1. The summed E-state index contributed by atoms with van der Waals surface area (Å²) in [6, 6.07) is 8.36. The normalized spacial score (nSPS) is 14.6. The molecule has 0 bridgehead atoms. The third kappa shape index (κ3) is 5.79. The van der Waals surface area contributed by atoms with Gasteiger partial charge in [-0.1, -0.05) is 22.8 Å². The van der Waals surface area contributed by atoms with E-state index in [-0.39, 0.29) is 18.4 Å². The molecule has 3 rings (SSSR count). The maximum Gasteiger partial charge on any atom is 0.254 e. The molecule has 2 amide bonds. The smallest absolute Gasteiger partial charge is 0.254 e. The van der Waals surface area contributed by atoms with Crippen LogP contribution in [0.4, 0.5) is 5.82 Å². The highest BCUT2D eigenvalue weighted by Crippen LogP contribution is 2.13. The van der Waals surface area contributed by atoms with Crippen LogP contribution in [0.3, 0.4) is 0 Å². The zero-order valence-corrected chi connectivity index (χ0v) is 16.5. The van der Waals surface area contributed by atoms with Crippen LogP contribution in [0.25, 0.3) is 0 Å². The van der Waals surface area contributed by atoms with Crippen molar-refractivity contribution in [3.63, 3.8) is 0 Å². The Morgan fingerprint density at radius 3 is 2.75 bits per heavy atom. The van der Waals surface area contributed by atoms with Gasteiger partial charge >= 0.3 is 0 Å². The second-order valence-corrected chi connectivity index (χ2v) is 7.16. The predicted octanol–water partition coefficient (Wildman–Crippen LogP) is 0.632. The van der Waals surface area contributed by atoms with E-state index in [4.69, 9.17) is 20.9 Å². The summed E-state index contributed by atoms with van der Waals surface area (Å²) in [7, 11) is 0. The summed E-state index contributed by atoms with van der Waals surface area (Å²) in [6.07, 6.45) is 0. The number of benzene rings is 1. The van der Waals surface area contributed by atoms with E-state index >= 15 is 0 Å². The van der Waals surface area contributed by atoms with Crippen molar-refractivity contribution in [1.29, 1.82) is 0 Å². The van der Waals surface area contributed by atoms with Gasteiger partial charge in [0.2, 0.25) is 5.91 Å². The van der Waals surface area contributed by atoms with Crippen LogP contribution in [0.15, 0.2) is 34.9 Å². The molecule has 1 aromatic heterocycles. The van der Waals surface area contributed by atoms with Gasteiger partial charge in [-0.2, -0.15) is 0 Å². The first-order chi connectivity index (χ1) is 13.5.